The number of benzene rings is 1. The van der Waals surface area contributed by atoms with Crippen LogP contribution in [0.25, 0.3) is 0 Å². The first-order valence-corrected chi connectivity index (χ1v) is 5.69. The minimum absolute atomic E-state index is 0.0566. The van der Waals surface area contributed by atoms with Gasteiger partial charge in [0.1, 0.15) is 5.82 Å². The zero-order valence-corrected chi connectivity index (χ0v) is 10.1. The van der Waals surface area contributed by atoms with Crippen molar-refractivity contribution in [3.63, 3.8) is 0 Å². The monoisotopic (exact) mass is 253 g/mol. The molecule has 98 valence electrons. The molecular weight excluding hydrogens is 237 g/mol. The van der Waals surface area contributed by atoms with Crippen molar-refractivity contribution in [3.05, 3.63) is 35.1 Å². The Morgan fingerprint density at radius 2 is 2.28 bits per heavy atom. The average Bonchev–Trinajstić information content (AvgIpc) is 2.31. The van der Waals surface area contributed by atoms with Crippen LogP contribution in [0.1, 0.15) is 24.0 Å². The van der Waals surface area contributed by atoms with Crippen molar-refractivity contribution in [1.82, 2.24) is 5.32 Å². The lowest BCUT2D eigenvalue weighted by molar-refractivity contribution is -0.137. The normalized spacial score (nSPS) is 11.9. The second-order valence-corrected chi connectivity index (χ2v) is 4.21. The van der Waals surface area contributed by atoms with Gasteiger partial charge in [-0.1, -0.05) is 17.7 Å². The molecule has 5 heteroatoms. The lowest BCUT2D eigenvalue weighted by Gasteiger charge is -2.15. The van der Waals surface area contributed by atoms with Gasteiger partial charge < -0.3 is 10.4 Å². The highest BCUT2D eigenvalue weighted by atomic mass is 19.1. The fourth-order valence-corrected chi connectivity index (χ4v) is 1.76. The van der Waals surface area contributed by atoms with Crippen LogP contribution in [-0.4, -0.2) is 23.5 Å². The highest BCUT2D eigenvalue weighted by molar-refractivity contribution is 5.66. The Hall–Kier alpha value is -1.91. The molecule has 0 saturated heterocycles. The molecule has 0 aliphatic rings. The van der Waals surface area contributed by atoms with Gasteiger partial charge in [0.25, 0.3) is 0 Å². The second-order valence-electron chi connectivity index (χ2n) is 4.21. The number of rotatable bonds is 7. The van der Waals surface area contributed by atoms with Crippen molar-refractivity contribution in [2.75, 3.05) is 0 Å². The molecule has 0 heterocycles. The SMILES string of the molecule is Cc1ccc(F)c(CC(CCC(=O)O)NC=O)c1. The van der Waals surface area contributed by atoms with Crippen LogP contribution in [0, 0.1) is 12.7 Å². The van der Waals surface area contributed by atoms with Gasteiger partial charge in [-0.3, -0.25) is 9.59 Å². The van der Waals surface area contributed by atoms with Crippen LogP contribution in [0.5, 0.6) is 0 Å². The summed E-state index contributed by atoms with van der Waals surface area (Å²) < 4.78 is 13.5. The Labute approximate surface area is 105 Å². The van der Waals surface area contributed by atoms with Gasteiger partial charge in [0.15, 0.2) is 0 Å². The summed E-state index contributed by atoms with van der Waals surface area (Å²) >= 11 is 0. The van der Waals surface area contributed by atoms with Crippen molar-refractivity contribution in [2.24, 2.45) is 0 Å². The minimum atomic E-state index is -0.933. The number of aliphatic carboxylic acids is 1. The molecule has 1 aromatic carbocycles. The van der Waals surface area contributed by atoms with Gasteiger partial charge in [-0.05, 0) is 31.4 Å². The number of carboxylic acids is 1. The van der Waals surface area contributed by atoms with E-state index < -0.39 is 5.97 Å². The van der Waals surface area contributed by atoms with Gasteiger partial charge in [0.2, 0.25) is 6.41 Å². The number of amides is 1. The molecule has 18 heavy (non-hydrogen) atoms. The third-order valence-electron chi connectivity index (χ3n) is 2.68. The maximum absolute atomic E-state index is 13.5. The molecule has 1 unspecified atom stereocenters. The van der Waals surface area contributed by atoms with E-state index >= 15 is 0 Å². The average molecular weight is 253 g/mol. The quantitative estimate of drug-likeness (QED) is 0.726. The molecule has 0 radical (unpaired) electrons. The summed E-state index contributed by atoms with van der Waals surface area (Å²) in [5.41, 5.74) is 1.41. The standard InChI is InChI=1S/C13H16FNO3/c1-9-2-4-12(14)10(6-9)7-11(15-8-16)3-5-13(17)18/h2,4,6,8,11H,3,5,7H2,1H3,(H,15,16)(H,17,18). The van der Waals surface area contributed by atoms with Gasteiger partial charge in [0, 0.05) is 12.5 Å². The van der Waals surface area contributed by atoms with Crippen LogP contribution in [-0.2, 0) is 16.0 Å². The van der Waals surface area contributed by atoms with Gasteiger partial charge in [-0.2, -0.15) is 0 Å². The fourth-order valence-electron chi connectivity index (χ4n) is 1.76. The molecule has 0 bridgehead atoms. The molecular formula is C13H16FNO3. The molecule has 0 aliphatic heterocycles. The molecule has 1 amide bonds. The van der Waals surface area contributed by atoms with Crippen LogP contribution in [0.3, 0.4) is 0 Å². The van der Waals surface area contributed by atoms with Crippen LogP contribution < -0.4 is 5.32 Å². The summed E-state index contributed by atoms with van der Waals surface area (Å²) in [6, 6.07) is 4.38. The molecule has 2 N–H and O–H groups in total. The lowest BCUT2D eigenvalue weighted by atomic mass is 10.00. The number of halogens is 1. The third kappa shape index (κ3) is 4.53. The number of aryl methyl sites for hydroxylation is 1. The summed E-state index contributed by atoms with van der Waals surface area (Å²) in [7, 11) is 0. The Balaban J connectivity index is 2.72. The maximum Gasteiger partial charge on any atom is 0.303 e. The van der Waals surface area contributed by atoms with Crippen molar-refractivity contribution in [2.45, 2.75) is 32.2 Å². The lowest BCUT2D eigenvalue weighted by Crippen LogP contribution is -2.31. The topological polar surface area (TPSA) is 66.4 Å². The molecule has 0 saturated carbocycles. The van der Waals surface area contributed by atoms with E-state index in [-0.39, 0.29) is 24.7 Å². The molecule has 1 aromatic rings. The zero-order valence-electron chi connectivity index (χ0n) is 10.1. The highest BCUT2D eigenvalue weighted by Crippen LogP contribution is 2.14. The smallest absolute Gasteiger partial charge is 0.303 e. The van der Waals surface area contributed by atoms with Crippen LogP contribution in [0.2, 0.25) is 0 Å². The first-order chi connectivity index (χ1) is 8.52. The minimum Gasteiger partial charge on any atom is -0.481 e. The van der Waals surface area contributed by atoms with E-state index in [0.717, 1.165) is 5.56 Å². The second kappa shape index (κ2) is 6.74. The van der Waals surface area contributed by atoms with Gasteiger partial charge in [-0.25, -0.2) is 4.39 Å². The molecule has 0 spiro atoms. The summed E-state index contributed by atoms with van der Waals surface area (Å²) in [6.07, 6.45) is 1.03. The number of carboxylic acid groups (broad SMARTS) is 1. The predicted octanol–water partition coefficient (Wildman–Crippen LogP) is 1.66. The number of hydrogen-bond acceptors (Lipinski definition) is 2. The van der Waals surface area contributed by atoms with E-state index in [4.69, 9.17) is 5.11 Å². The van der Waals surface area contributed by atoms with Crippen molar-refractivity contribution < 1.29 is 19.1 Å². The number of hydrogen-bond donors (Lipinski definition) is 2. The summed E-state index contributed by atoms with van der Waals surface area (Å²) in [6.45, 7) is 1.85. The Bertz CT molecular complexity index is 434. The molecule has 1 rings (SSSR count). The molecule has 0 aliphatic carbocycles. The summed E-state index contributed by atoms with van der Waals surface area (Å²) in [5, 5.41) is 11.1. The Kier molecular flexibility index (Phi) is 5.30. The number of carbonyl (C=O) groups excluding carboxylic acids is 1. The van der Waals surface area contributed by atoms with Gasteiger partial charge in [-0.15, -0.1) is 0 Å². The van der Waals surface area contributed by atoms with E-state index in [1.54, 1.807) is 12.1 Å². The first kappa shape index (κ1) is 14.2. The first-order valence-electron chi connectivity index (χ1n) is 5.69. The summed E-state index contributed by atoms with van der Waals surface area (Å²) in [5.74, 6) is -1.27. The molecule has 0 fully saturated rings. The largest absolute Gasteiger partial charge is 0.481 e. The van der Waals surface area contributed by atoms with Crippen LogP contribution >= 0.6 is 0 Å². The maximum atomic E-state index is 13.5. The third-order valence-corrected chi connectivity index (χ3v) is 2.68. The fraction of sp³-hybridized carbons (Fsp3) is 0.385. The summed E-state index contributed by atoms with van der Waals surface area (Å²) in [4.78, 5) is 20.9. The molecule has 1 atom stereocenters. The number of carbonyl (C=O) groups is 2. The van der Waals surface area contributed by atoms with E-state index in [9.17, 15) is 14.0 Å². The predicted molar refractivity (Wildman–Crippen MR) is 64.7 cm³/mol. The van der Waals surface area contributed by atoms with Crippen LogP contribution in [0.4, 0.5) is 4.39 Å². The van der Waals surface area contributed by atoms with Gasteiger partial charge >= 0.3 is 5.97 Å². The van der Waals surface area contributed by atoms with Crippen molar-refractivity contribution in [1.29, 1.82) is 0 Å². The van der Waals surface area contributed by atoms with Crippen LogP contribution in [0.15, 0.2) is 18.2 Å². The van der Waals surface area contributed by atoms with E-state index in [2.05, 4.69) is 5.32 Å². The molecule has 0 aromatic heterocycles. The number of nitrogens with one attached hydrogen (secondary N) is 1. The van der Waals surface area contributed by atoms with Gasteiger partial charge in [0.05, 0.1) is 0 Å². The zero-order chi connectivity index (χ0) is 13.5. The molecule has 4 nitrogen and oxygen atoms in total. The Morgan fingerprint density at radius 3 is 2.89 bits per heavy atom. The van der Waals surface area contributed by atoms with E-state index in [0.29, 0.717) is 18.4 Å². The van der Waals surface area contributed by atoms with E-state index in [1.165, 1.54) is 6.07 Å². The highest BCUT2D eigenvalue weighted by Gasteiger charge is 2.13. The van der Waals surface area contributed by atoms with E-state index in [1.807, 2.05) is 6.92 Å². The van der Waals surface area contributed by atoms with Crippen molar-refractivity contribution >= 4 is 12.4 Å². The Morgan fingerprint density at radius 1 is 1.56 bits per heavy atom. The van der Waals surface area contributed by atoms with Crippen molar-refractivity contribution in [3.8, 4) is 0 Å².